The van der Waals surface area contributed by atoms with Gasteiger partial charge in [0.25, 0.3) is 0 Å². The molecule has 0 amide bonds. The van der Waals surface area contributed by atoms with Crippen LogP contribution in [0, 0.1) is 0 Å². The van der Waals surface area contributed by atoms with Gasteiger partial charge in [-0.1, -0.05) is 43.5 Å². The fourth-order valence-electron chi connectivity index (χ4n) is 5.11. The molecule has 0 N–H and O–H groups in total. The van der Waals surface area contributed by atoms with Gasteiger partial charge in [0.15, 0.2) is 6.10 Å². The van der Waals surface area contributed by atoms with Crippen molar-refractivity contribution in [2.45, 2.75) is 44.2 Å². The summed E-state index contributed by atoms with van der Waals surface area (Å²) in [6, 6.07) is 29.0. The van der Waals surface area contributed by atoms with E-state index in [1.54, 1.807) is 12.4 Å². The Labute approximate surface area is 205 Å². The molecule has 5 nitrogen and oxygen atoms in total. The summed E-state index contributed by atoms with van der Waals surface area (Å²) in [6.07, 6.45) is 9.51. The molecule has 0 atom stereocenters. The second-order valence-corrected chi connectivity index (χ2v) is 9.12. The number of benzene rings is 2. The number of rotatable bonds is 6. The van der Waals surface area contributed by atoms with Crippen molar-refractivity contribution in [2.75, 3.05) is 0 Å². The highest BCUT2D eigenvalue weighted by Crippen LogP contribution is 2.36. The number of aromatic nitrogens is 4. The van der Waals surface area contributed by atoms with Crippen molar-refractivity contribution >= 4 is 11.0 Å². The van der Waals surface area contributed by atoms with Crippen LogP contribution in [0.4, 0.5) is 0 Å². The molecule has 1 aliphatic carbocycles. The SMILES string of the molecule is c1ccc(C(Oc2ccc(-c3nc4ccccc4n3C3CCCCC3)cc2)c2ccccn2)nc1. The Kier molecular flexibility index (Phi) is 5.97. The van der Waals surface area contributed by atoms with Gasteiger partial charge in [-0.25, -0.2) is 4.98 Å². The van der Waals surface area contributed by atoms with Gasteiger partial charge in [0, 0.05) is 24.0 Å². The number of pyridine rings is 2. The lowest BCUT2D eigenvalue weighted by Gasteiger charge is -2.25. The summed E-state index contributed by atoms with van der Waals surface area (Å²) in [5.41, 5.74) is 5.04. The van der Waals surface area contributed by atoms with Gasteiger partial charge >= 0.3 is 0 Å². The number of imidazole rings is 1. The Morgan fingerprint density at radius 1 is 0.714 bits per heavy atom. The topological polar surface area (TPSA) is 52.8 Å². The zero-order chi connectivity index (χ0) is 23.5. The highest BCUT2D eigenvalue weighted by Gasteiger charge is 2.23. The summed E-state index contributed by atoms with van der Waals surface area (Å²) in [7, 11) is 0. The van der Waals surface area contributed by atoms with E-state index < -0.39 is 0 Å². The molecule has 174 valence electrons. The molecule has 0 radical (unpaired) electrons. The van der Waals surface area contributed by atoms with Crippen LogP contribution in [0.2, 0.25) is 0 Å². The second-order valence-electron chi connectivity index (χ2n) is 9.12. The molecule has 0 aliphatic heterocycles. The van der Waals surface area contributed by atoms with Crippen LogP contribution in [-0.2, 0) is 0 Å². The minimum Gasteiger partial charge on any atom is -0.478 e. The molecule has 3 heterocycles. The van der Waals surface area contributed by atoms with Crippen LogP contribution in [0.3, 0.4) is 0 Å². The van der Waals surface area contributed by atoms with E-state index in [4.69, 9.17) is 9.72 Å². The summed E-state index contributed by atoms with van der Waals surface area (Å²) < 4.78 is 8.90. The number of fused-ring (bicyclic) bond motifs is 1. The third-order valence-electron chi connectivity index (χ3n) is 6.81. The maximum Gasteiger partial charge on any atom is 0.182 e. The summed E-state index contributed by atoms with van der Waals surface area (Å²) in [4.78, 5) is 14.1. The van der Waals surface area contributed by atoms with Crippen molar-refractivity contribution in [3.05, 3.63) is 109 Å². The van der Waals surface area contributed by atoms with Gasteiger partial charge in [-0.3, -0.25) is 9.97 Å². The van der Waals surface area contributed by atoms with Crippen LogP contribution in [0.15, 0.2) is 97.3 Å². The number of hydrogen-bond donors (Lipinski definition) is 0. The number of hydrogen-bond acceptors (Lipinski definition) is 4. The van der Waals surface area contributed by atoms with Crippen molar-refractivity contribution in [3.63, 3.8) is 0 Å². The number of nitrogens with zero attached hydrogens (tertiary/aromatic N) is 4. The normalized spacial score (nSPS) is 14.4. The van der Waals surface area contributed by atoms with Crippen LogP contribution in [0.25, 0.3) is 22.4 Å². The van der Waals surface area contributed by atoms with E-state index in [0.29, 0.717) is 6.04 Å². The van der Waals surface area contributed by atoms with E-state index >= 15 is 0 Å². The van der Waals surface area contributed by atoms with Crippen molar-refractivity contribution in [1.82, 2.24) is 19.5 Å². The molecule has 0 unspecified atom stereocenters. The van der Waals surface area contributed by atoms with Gasteiger partial charge in [-0.15, -0.1) is 0 Å². The maximum atomic E-state index is 6.43. The van der Waals surface area contributed by atoms with E-state index in [-0.39, 0.29) is 6.10 Å². The summed E-state index contributed by atoms with van der Waals surface area (Å²) in [6.45, 7) is 0. The smallest absolute Gasteiger partial charge is 0.182 e. The lowest BCUT2D eigenvalue weighted by molar-refractivity contribution is 0.237. The largest absolute Gasteiger partial charge is 0.478 e. The van der Waals surface area contributed by atoms with Gasteiger partial charge in [0.2, 0.25) is 0 Å². The molecule has 2 aromatic carbocycles. The average molecular weight is 461 g/mol. The van der Waals surface area contributed by atoms with Crippen molar-refractivity contribution in [3.8, 4) is 17.1 Å². The Bertz CT molecular complexity index is 1350. The van der Waals surface area contributed by atoms with Crippen LogP contribution in [0.5, 0.6) is 5.75 Å². The Morgan fingerprint density at radius 3 is 2.03 bits per heavy atom. The molecule has 0 saturated heterocycles. The van der Waals surface area contributed by atoms with E-state index in [0.717, 1.165) is 34.0 Å². The van der Waals surface area contributed by atoms with Crippen molar-refractivity contribution < 1.29 is 4.74 Å². The van der Waals surface area contributed by atoms with Crippen molar-refractivity contribution in [2.24, 2.45) is 0 Å². The van der Waals surface area contributed by atoms with E-state index in [2.05, 4.69) is 50.9 Å². The van der Waals surface area contributed by atoms with Gasteiger partial charge in [0.05, 0.1) is 22.4 Å². The molecular weight excluding hydrogens is 432 g/mol. The summed E-state index contributed by atoms with van der Waals surface area (Å²) in [5, 5.41) is 0. The molecule has 6 rings (SSSR count). The Balaban J connectivity index is 1.34. The van der Waals surface area contributed by atoms with Gasteiger partial charge in [-0.2, -0.15) is 0 Å². The molecule has 35 heavy (non-hydrogen) atoms. The summed E-state index contributed by atoms with van der Waals surface area (Å²) >= 11 is 0. The van der Waals surface area contributed by atoms with E-state index in [9.17, 15) is 0 Å². The van der Waals surface area contributed by atoms with Crippen LogP contribution in [0.1, 0.15) is 55.6 Å². The van der Waals surface area contributed by atoms with Gasteiger partial charge in [0.1, 0.15) is 11.6 Å². The second kappa shape index (κ2) is 9.71. The first-order valence-electron chi connectivity index (χ1n) is 12.4. The predicted molar refractivity (Wildman–Crippen MR) is 138 cm³/mol. The Morgan fingerprint density at radius 2 is 1.37 bits per heavy atom. The maximum absolute atomic E-state index is 6.43. The molecule has 0 bridgehead atoms. The molecule has 0 spiro atoms. The molecule has 1 aliphatic rings. The lowest BCUT2D eigenvalue weighted by Crippen LogP contribution is -2.14. The van der Waals surface area contributed by atoms with E-state index in [1.165, 1.54) is 37.6 Å². The lowest BCUT2D eigenvalue weighted by atomic mass is 9.95. The molecule has 5 aromatic rings. The van der Waals surface area contributed by atoms with Gasteiger partial charge < -0.3 is 9.30 Å². The first kappa shape index (κ1) is 21.5. The monoisotopic (exact) mass is 460 g/mol. The molecule has 1 saturated carbocycles. The van der Waals surface area contributed by atoms with Crippen LogP contribution in [-0.4, -0.2) is 19.5 Å². The number of para-hydroxylation sites is 2. The first-order valence-corrected chi connectivity index (χ1v) is 12.4. The quantitative estimate of drug-likeness (QED) is 0.270. The fourth-order valence-corrected chi connectivity index (χ4v) is 5.11. The highest BCUT2D eigenvalue weighted by atomic mass is 16.5. The minimum atomic E-state index is -0.380. The molecule has 5 heteroatoms. The third kappa shape index (κ3) is 4.42. The average Bonchev–Trinajstić information content (AvgIpc) is 3.33. The molecule has 1 fully saturated rings. The van der Waals surface area contributed by atoms with Crippen LogP contribution < -0.4 is 4.74 Å². The van der Waals surface area contributed by atoms with Crippen molar-refractivity contribution in [1.29, 1.82) is 0 Å². The predicted octanol–water partition coefficient (Wildman–Crippen LogP) is 7.17. The number of ether oxygens (including phenoxy) is 1. The standard InChI is InChI=1S/C30H28N4O/c1-2-10-23(11-3-1)34-28-15-5-4-12-25(28)33-30(34)22-16-18-24(19-17-22)35-29(26-13-6-8-20-31-26)27-14-7-9-21-32-27/h4-9,12-21,23,29H,1-3,10-11H2. The minimum absolute atomic E-state index is 0.380. The van der Waals surface area contributed by atoms with E-state index in [1.807, 2.05) is 48.5 Å². The van der Waals surface area contributed by atoms with Gasteiger partial charge in [-0.05, 0) is 73.5 Å². The highest BCUT2D eigenvalue weighted by molar-refractivity contribution is 5.81. The third-order valence-corrected chi connectivity index (χ3v) is 6.81. The Hall–Kier alpha value is -3.99. The zero-order valence-electron chi connectivity index (χ0n) is 19.6. The zero-order valence-corrected chi connectivity index (χ0v) is 19.6. The molecular formula is C30H28N4O. The molecule has 3 aromatic heterocycles. The fraction of sp³-hybridized carbons (Fsp3) is 0.233. The first-order chi connectivity index (χ1) is 17.4. The van der Waals surface area contributed by atoms with Crippen LogP contribution >= 0.6 is 0 Å². The summed E-state index contributed by atoms with van der Waals surface area (Å²) in [5.74, 6) is 1.81.